The zero-order chi connectivity index (χ0) is 20.2. The topological polar surface area (TPSA) is 63.6 Å². The fourth-order valence-electron chi connectivity index (χ4n) is 2.55. The molecule has 0 fully saturated rings. The van der Waals surface area contributed by atoms with Gasteiger partial charge in [0.1, 0.15) is 22.9 Å². The summed E-state index contributed by atoms with van der Waals surface area (Å²) < 4.78 is 33.4. The van der Waals surface area contributed by atoms with Gasteiger partial charge in [-0.25, -0.2) is 18.6 Å². The number of hydrogen-bond acceptors (Lipinski definition) is 6. The number of ether oxygens (including phenoxy) is 1. The SMILES string of the molecule is O=C(Oc1ccc(/C=N\Nc2nc3ccccc3s2)cc1)c1c(F)cccc1F. The third-order valence-electron chi connectivity index (χ3n) is 3.93. The van der Waals surface area contributed by atoms with E-state index in [2.05, 4.69) is 15.5 Å². The highest BCUT2D eigenvalue weighted by molar-refractivity contribution is 7.22. The van der Waals surface area contributed by atoms with Gasteiger partial charge in [0, 0.05) is 0 Å². The Kier molecular flexibility index (Phi) is 5.26. The Hall–Kier alpha value is -3.65. The van der Waals surface area contributed by atoms with Crippen molar-refractivity contribution >= 4 is 38.9 Å². The molecular weight excluding hydrogens is 396 g/mol. The highest BCUT2D eigenvalue weighted by atomic mass is 32.1. The van der Waals surface area contributed by atoms with Crippen molar-refractivity contribution in [1.82, 2.24) is 4.98 Å². The number of rotatable bonds is 5. The van der Waals surface area contributed by atoms with Crippen molar-refractivity contribution in [2.75, 3.05) is 5.43 Å². The molecule has 0 spiro atoms. The van der Waals surface area contributed by atoms with Crippen LogP contribution in [0.1, 0.15) is 15.9 Å². The van der Waals surface area contributed by atoms with E-state index in [0.717, 1.165) is 27.9 Å². The average Bonchev–Trinajstić information content (AvgIpc) is 3.12. The normalized spacial score (nSPS) is 11.1. The number of aromatic nitrogens is 1. The minimum Gasteiger partial charge on any atom is -0.423 e. The van der Waals surface area contributed by atoms with Crippen LogP contribution in [0.5, 0.6) is 5.75 Å². The van der Waals surface area contributed by atoms with Crippen molar-refractivity contribution in [2.24, 2.45) is 5.10 Å². The molecule has 0 bridgehead atoms. The van der Waals surface area contributed by atoms with E-state index in [9.17, 15) is 13.6 Å². The molecule has 0 aliphatic rings. The van der Waals surface area contributed by atoms with Gasteiger partial charge in [-0.2, -0.15) is 5.10 Å². The van der Waals surface area contributed by atoms with E-state index in [1.807, 2.05) is 24.3 Å². The van der Waals surface area contributed by atoms with Gasteiger partial charge in [-0.05, 0) is 54.1 Å². The maximum absolute atomic E-state index is 13.6. The van der Waals surface area contributed by atoms with E-state index in [1.165, 1.54) is 29.5 Å². The molecule has 0 unspecified atom stereocenters. The fourth-order valence-corrected chi connectivity index (χ4v) is 3.37. The van der Waals surface area contributed by atoms with Gasteiger partial charge in [-0.1, -0.05) is 29.5 Å². The Morgan fingerprint density at radius 3 is 2.45 bits per heavy atom. The van der Waals surface area contributed by atoms with Crippen LogP contribution < -0.4 is 10.2 Å². The Balaban J connectivity index is 1.39. The first-order valence-electron chi connectivity index (χ1n) is 8.51. The predicted octanol–water partition coefficient (Wildman–Crippen LogP) is 5.24. The summed E-state index contributed by atoms with van der Waals surface area (Å²) in [6.07, 6.45) is 1.58. The first-order chi connectivity index (χ1) is 14.1. The van der Waals surface area contributed by atoms with E-state index in [4.69, 9.17) is 4.74 Å². The number of anilines is 1. The highest BCUT2D eigenvalue weighted by Gasteiger charge is 2.19. The maximum atomic E-state index is 13.6. The first kappa shape index (κ1) is 18.7. The average molecular weight is 409 g/mol. The van der Waals surface area contributed by atoms with Crippen molar-refractivity contribution in [3.8, 4) is 5.75 Å². The molecule has 29 heavy (non-hydrogen) atoms. The van der Waals surface area contributed by atoms with Gasteiger partial charge < -0.3 is 4.74 Å². The Labute approximate surface area is 168 Å². The minimum atomic E-state index is -1.10. The van der Waals surface area contributed by atoms with Crippen LogP contribution in [-0.4, -0.2) is 17.2 Å². The van der Waals surface area contributed by atoms with Crippen molar-refractivity contribution in [2.45, 2.75) is 0 Å². The quantitative estimate of drug-likeness (QED) is 0.212. The number of carbonyl (C=O) groups excluding carboxylic acids is 1. The van der Waals surface area contributed by atoms with Gasteiger partial charge in [0.15, 0.2) is 0 Å². The number of hydrogen-bond donors (Lipinski definition) is 1. The predicted molar refractivity (Wildman–Crippen MR) is 109 cm³/mol. The monoisotopic (exact) mass is 409 g/mol. The number of fused-ring (bicyclic) bond motifs is 1. The van der Waals surface area contributed by atoms with Gasteiger partial charge in [0.2, 0.25) is 5.13 Å². The summed E-state index contributed by atoms with van der Waals surface area (Å²) in [5.41, 5.74) is 3.78. The second kappa shape index (κ2) is 8.15. The summed E-state index contributed by atoms with van der Waals surface area (Å²) in [6, 6.07) is 17.3. The van der Waals surface area contributed by atoms with Crippen molar-refractivity contribution in [1.29, 1.82) is 0 Å². The maximum Gasteiger partial charge on any atom is 0.349 e. The van der Waals surface area contributed by atoms with Gasteiger partial charge in [0.05, 0.1) is 16.4 Å². The summed E-state index contributed by atoms with van der Waals surface area (Å²) in [4.78, 5) is 16.4. The molecule has 0 saturated carbocycles. The summed E-state index contributed by atoms with van der Waals surface area (Å²) in [6.45, 7) is 0. The van der Waals surface area contributed by atoms with Gasteiger partial charge >= 0.3 is 5.97 Å². The molecule has 5 nitrogen and oxygen atoms in total. The van der Waals surface area contributed by atoms with Crippen LogP contribution in [0.15, 0.2) is 71.8 Å². The fraction of sp³-hybridized carbons (Fsp3) is 0. The number of nitrogens with one attached hydrogen (secondary N) is 1. The molecule has 0 saturated heterocycles. The van der Waals surface area contributed by atoms with E-state index in [1.54, 1.807) is 18.3 Å². The summed E-state index contributed by atoms with van der Waals surface area (Å²) in [7, 11) is 0. The lowest BCUT2D eigenvalue weighted by Crippen LogP contribution is -2.13. The lowest BCUT2D eigenvalue weighted by molar-refractivity contribution is 0.0724. The van der Waals surface area contributed by atoms with Crippen molar-refractivity contribution < 1.29 is 18.3 Å². The van der Waals surface area contributed by atoms with Crippen molar-refractivity contribution in [3.05, 3.63) is 89.5 Å². The third kappa shape index (κ3) is 4.27. The van der Waals surface area contributed by atoms with Crippen LogP contribution in [0.2, 0.25) is 0 Å². The molecule has 4 aromatic rings. The van der Waals surface area contributed by atoms with E-state index in [-0.39, 0.29) is 5.75 Å². The lowest BCUT2D eigenvalue weighted by Gasteiger charge is -2.06. The Morgan fingerprint density at radius 1 is 1.00 bits per heavy atom. The van der Waals surface area contributed by atoms with Gasteiger partial charge in [-0.15, -0.1) is 0 Å². The molecule has 8 heteroatoms. The molecule has 144 valence electrons. The zero-order valence-electron chi connectivity index (χ0n) is 14.8. The molecule has 0 atom stereocenters. The number of halogens is 2. The number of carbonyl (C=O) groups is 1. The standard InChI is InChI=1S/C21H13F2N3O2S/c22-15-4-3-5-16(23)19(15)20(27)28-14-10-8-13(9-11-14)12-24-26-21-25-17-6-1-2-7-18(17)29-21/h1-12H,(H,25,26)/b24-12-. The van der Waals surface area contributed by atoms with Crippen LogP contribution in [-0.2, 0) is 0 Å². The second-order valence-electron chi connectivity index (χ2n) is 5.91. The van der Waals surface area contributed by atoms with Crippen LogP contribution >= 0.6 is 11.3 Å². The molecule has 1 heterocycles. The van der Waals surface area contributed by atoms with Crippen LogP contribution in [0, 0.1) is 11.6 Å². The molecule has 0 aliphatic heterocycles. The second-order valence-corrected chi connectivity index (χ2v) is 6.94. The number of hydrazone groups is 1. The number of esters is 1. The third-order valence-corrected chi connectivity index (χ3v) is 4.87. The molecule has 0 radical (unpaired) electrons. The summed E-state index contributed by atoms with van der Waals surface area (Å²) in [5.74, 6) is -2.88. The Morgan fingerprint density at radius 2 is 1.72 bits per heavy atom. The molecule has 4 rings (SSSR count). The lowest BCUT2D eigenvalue weighted by atomic mass is 10.2. The summed E-state index contributed by atoms with van der Waals surface area (Å²) >= 11 is 1.49. The van der Waals surface area contributed by atoms with Gasteiger partial charge in [-0.3, -0.25) is 5.43 Å². The smallest absolute Gasteiger partial charge is 0.349 e. The van der Waals surface area contributed by atoms with E-state index < -0.39 is 23.2 Å². The van der Waals surface area contributed by atoms with E-state index in [0.29, 0.717) is 5.13 Å². The van der Waals surface area contributed by atoms with Crippen molar-refractivity contribution in [3.63, 3.8) is 0 Å². The van der Waals surface area contributed by atoms with Gasteiger partial charge in [0.25, 0.3) is 0 Å². The molecule has 1 N–H and O–H groups in total. The summed E-state index contributed by atoms with van der Waals surface area (Å²) in [5, 5.41) is 4.80. The largest absolute Gasteiger partial charge is 0.423 e. The number of para-hydroxylation sites is 1. The minimum absolute atomic E-state index is 0.161. The van der Waals surface area contributed by atoms with Crippen LogP contribution in [0.3, 0.4) is 0 Å². The molecule has 1 aromatic heterocycles. The van der Waals surface area contributed by atoms with E-state index >= 15 is 0 Å². The first-order valence-corrected chi connectivity index (χ1v) is 9.33. The van der Waals surface area contributed by atoms with Crippen LogP contribution in [0.25, 0.3) is 10.2 Å². The number of benzene rings is 3. The molecule has 0 aliphatic carbocycles. The molecule has 0 amide bonds. The Bertz CT molecular complexity index is 1150. The molecule has 3 aromatic carbocycles. The number of nitrogens with zero attached hydrogens (tertiary/aromatic N) is 2. The number of thiazole rings is 1. The molecular formula is C21H13F2N3O2S. The van der Waals surface area contributed by atoms with Crippen LogP contribution in [0.4, 0.5) is 13.9 Å². The highest BCUT2D eigenvalue weighted by Crippen LogP contribution is 2.25. The zero-order valence-corrected chi connectivity index (χ0v) is 15.6.